The first-order valence-electron chi connectivity index (χ1n) is 9.76. The Labute approximate surface area is 171 Å². The molecule has 2 aliphatic rings. The van der Waals surface area contributed by atoms with Gasteiger partial charge >= 0.3 is 5.97 Å². The highest BCUT2D eigenvalue weighted by Gasteiger charge is 2.40. The first-order valence-corrected chi connectivity index (χ1v) is 11.2. The summed E-state index contributed by atoms with van der Waals surface area (Å²) in [4.78, 5) is 24.4. The second kappa shape index (κ2) is 8.71. The molecule has 0 aliphatic heterocycles. The van der Waals surface area contributed by atoms with E-state index in [1.807, 2.05) is 0 Å². The molecule has 0 heterocycles. The predicted octanol–water partition coefficient (Wildman–Crippen LogP) is 2.25. The van der Waals surface area contributed by atoms with E-state index in [0.717, 1.165) is 16.6 Å². The number of methoxy groups -OCH3 is 1. The molecular formula is C20H28N2O6S. The van der Waals surface area contributed by atoms with Crippen LogP contribution in [0.1, 0.15) is 32.1 Å². The van der Waals surface area contributed by atoms with Crippen molar-refractivity contribution in [1.29, 1.82) is 0 Å². The SMILES string of the molecule is COc1ccc(S(=O)(=O)N(C)C)cc1NC(=O)COC(=O)C[C@H]1C[C@H]2CC[C@@H]1C2. The van der Waals surface area contributed by atoms with E-state index in [2.05, 4.69) is 5.32 Å². The van der Waals surface area contributed by atoms with E-state index in [4.69, 9.17) is 9.47 Å². The van der Waals surface area contributed by atoms with Gasteiger partial charge in [-0.05, 0) is 55.2 Å². The molecule has 3 rings (SSSR count). The van der Waals surface area contributed by atoms with Crippen molar-refractivity contribution in [2.24, 2.45) is 17.8 Å². The molecule has 3 atom stereocenters. The number of rotatable bonds is 8. The molecule has 8 nitrogen and oxygen atoms in total. The molecule has 2 fully saturated rings. The Kier molecular flexibility index (Phi) is 6.48. The summed E-state index contributed by atoms with van der Waals surface area (Å²) < 4.78 is 36.0. The highest BCUT2D eigenvalue weighted by atomic mass is 32.2. The zero-order valence-electron chi connectivity index (χ0n) is 17.0. The van der Waals surface area contributed by atoms with E-state index in [9.17, 15) is 18.0 Å². The Hall–Kier alpha value is -2.13. The van der Waals surface area contributed by atoms with E-state index in [1.54, 1.807) is 0 Å². The number of carbonyl (C=O) groups excluding carboxylic acids is 2. The number of hydrogen-bond donors (Lipinski definition) is 1. The largest absolute Gasteiger partial charge is 0.495 e. The van der Waals surface area contributed by atoms with Crippen molar-refractivity contribution in [3.8, 4) is 5.75 Å². The summed E-state index contributed by atoms with van der Waals surface area (Å²) in [5, 5.41) is 2.56. The lowest BCUT2D eigenvalue weighted by atomic mass is 9.86. The summed E-state index contributed by atoms with van der Waals surface area (Å²) in [6.45, 7) is -0.423. The fourth-order valence-corrected chi connectivity index (χ4v) is 5.32. The van der Waals surface area contributed by atoms with Gasteiger partial charge in [-0.25, -0.2) is 12.7 Å². The molecule has 0 aromatic heterocycles. The van der Waals surface area contributed by atoms with E-state index in [0.29, 0.717) is 24.0 Å². The Morgan fingerprint density at radius 1 is 1.21 bits per heavy atom. The number of carbonyl (C=O) groups is 2. The smallest absolute Gasteiger partial charge is 0.306 e. The van der Waals surface area contributed by atoms with Crippen LogP contribution < -0.4 is 10.1 Å². The minimum absolute atomic E-state index is 0.0203. The molecule has 0 saturated heterocycles. The lowest BCUT2D eigenvalue weighted by Gasteiger charge is -2.20. The van der Waals surface area contributed by atoms with Crippen LogP contribution in [0.2, 0.25) is 0 Å². The summed E-state index contributed by atoms with van der Waals surface area (Å²) in [7, 11) is 0.603. The topological polar surface area (TPSA) is 102 Å². The van der Waals surface area contributed by atoms with Gasteiger partial charge in [-0.3, -0.25) is 9.59 Å². The lowest BCUT2D eigenvalue weighted by molar-refractivity contribution is -0.148. The van der Waals surface area contributed by atoms with Crippen LogP contribution in [-0.4, -0.2) is 52.4 Å². The van der Waals surface area contributed by atoms with Crippen LogP contribution in [0.25, 0.3) is 0 Å². The van der Waals surface area contributed by atoms with Crippen LogP contribution in [0, 0.1) is 17.8 Å². The van der Waals surface area contributed by atoms with Gasteiger partial charge in [0.2, 0.25) is 10.0 Å². The van der Waals surface area contributed by atoms with Gasteiger partial charge in [-0.2, -0.15) is 0 Å². The molecule has 2 saturated carbocycles. The van der Waals surface area contributed by atoms with Crippen LogP contribution in [0.4, 0.5) is 5.69 Å². The second-order valence-corrected chi connectivity index (χ2v) is 10.1. The lowest BCUT2D eigenvalue weighted by Crippen LogP contribution is -2.24. The van der Waals surface area contributed by atoms with E-state index in [1.165, 1.54) is 58.7 Å². The Morgan fingerprint density at radius 2 is 1.97 bits per heavy atom. The molecule has 29 heavy (non-hydrogen) atoms. The van der Waals surface area contributed by atoms with Gasteiger partial charge in [0, 0.05) is 20.5 Å². The third-order valence-electron chi connectivity index (χ3n) is 5.90. The Balaban J connectivity index is 1.57. The van der Waals surface area contributed by atoms with Gasteiger partial charge in [0.1, 0.15) is 5.75 Å². The molecule has 0 radical (unpaired) electrons. The molecular weight excluding hydrogens is 396 g/mol. The van der Waals surface area contributed by atoms with Crippen LogP contribution in [0.5, 0.6) is 5.75 Å². The average molecular weight is 425 g/mol. The summed E-state index contributed by atoms with van der Waals surface area (Å²) >= 11 is 0. The van der Waals surface area contributed by atoms with Crippen LogP contribution in [0.15, 0.2) is 23.1 Å². The fraction of sp³-hybridized carbons (Fsp3) is 0.600. The van der Waals surface area contributed by atoms with Crippen molar-refractivity contribution in [2.75, 3.05) is 33.1 Å². The highest BCUT2D eigenvalue weighted by Crippen LogP contribution is 2.49. The maximum Gasteiger partial charge on any atom is 0.306 e. The van der Waals surface area contributed by atoms with Gasteiger partial charge in [0.25, 0.3) is 5.91 Å². The summed E-state index contributed by atoms with van der Waals surface area (Å²) in [5.41, 5.74) is 0.199. The summed E-state index contributed by atoms with van der Waals surface area (Å²) in [5.74, 6) is 1.13. The number of nitrogens with zero attached hydrogens (tertiary/aromatic N) is 1. The Bertz CT molecular complexity index is 883. The van der Waals surface area contributed by atoms with Crippen molar-refractivity contribution in [3.63, 3.8) is 0 Å². The third kappa shape index (κ3) is 4.90. The van der Waals surface area contributed by atoms with E-state index in [-0.39, 0.29) is 16.6 Å². The average Bonchev–Trinajstić information content (AvgIpc) is 3.29. The molecule has 0 unspecified atom stereocenters. The molecule has 1 aromatic rings. The number of fused-ring (bicyclic) bond motifs is 2. The molecule has 1 aromatic carbocycles. The minimum Gasteiger partial charge on any atom is -0.495 e. The number of amides is 1. The molecule has 160 valence electrons. The van der Waals surface area contributed by atoms with Gasteiger partial charge < -0.3 is 14.8 Å². The monoisotopic (exact) mass is 424 g/mol. The molecule has 0 spiro atoms. The quantitative estimate of drug-likeness (QED) is 0.642. The maximum atomic E-state index is 12.3. The number of esters is 1. The van der Waals surface area contributed by atoms with E-state index >= 15 is 0 Å². The minimum atomic E-state index is -3.66. The molecule has 2 bridgehead atoms. The first kappa shape index (κ1) is 21.6. The number of nitrogens with one attached hydrogen (secondary N) is 1. The number of anilines is 1. The molecule has 9 heteroatoms. The Morgan fingerprint density at radius 3 is 2.55 bits per heavy atom. The van der Waals surface area contributed by atoms with Crippen LogP contribution >= 0.6 is 0 Å². The predicted molar refractivity (Wildman–Crippen MR) is 107 cm³/mol. The molecule has 1 amide bonds. The number of sulfonamides is 1. The summed E-state index contributed by atoms with van der Waals surface area (Å²) in [6.07, 6.45) is 5.10. The zero-order chi connectivity index (χ0) is 21.2. The van der Waals surface area contributed by atoms with Crippen LogP contribution in [-0.2, 0) is 24.3 Å². The van der Waals surface area contributed by atoms with Crippen molar-refractivity contribution in [2.45, 2.75) is 37.0 Å². The fourth-order valence-electron chi connectivity index (χ4n) is 4.39. The third-order valence-corrected chi connectivity index (χ3v) is 7.71. The van der Waals surface area contributed by atoms with E-state index < -0.39 is 22.5 Å². The van der Waals surface area contributed by atoms with Gasteiger partial charge in [0.05, 0.1) is 17.7 Å². The van der Waals surface area contributed by atoms with Crippen molar-refractivity contribution < 1.29 is 27.5 Å². The van der Waals surface area contributed by atoms with Gasteiger partial charge in [-0.1, -0.05) is 6.42 Å². The standard InChI is InChI=1S/C20H28N2O6S/c1-22(2)29(25,26)16-6-7-18(27-3)17(11-16)21-19(23)12-28-20(24)10-15-9-13-4-5-14(15)8-13/h6-7,11,13-15H,4-5,8-10,12H2,1-3H3,(H,21,23)/t13-,14+,15+/m0/s1. The second-order valence-electron chi connectivity index (χ2n) is 8.00. The maximum absolute atomic E-state index is 12.3. The number of benzene rings is 1. The molecule has 1 N–H and O–H groups in total. The van der Waals surface area contributed by atoms with Crippen molar-refractivity contribution >= 4 is 27.6 Å². The number of hydrogen-bond acceptors (Lipinski definition) is 6. The van der Waals surface area contributed by atoms with Crippen molar-refractivity contribution in [1.82, 2.24) is 4.31 Å². The first-order chi connectivity index (χ1) is 13.7. The van der Waals surface area contributed by atoms with Crippen molar-refractivity contribution in [3.05, 3.63) is 18.2 Å². The van der Waals surface area contributed by atoms with Crippen LogP contribution in [0.3, 0.4) is 0 Å². The number of ether oxygens (including phenoxy) is 2. The molecule has 2 aliphatic carbocycles. The highest BCUT2D eigenvalue weighted by molar-refractivity contribution is 7.89. The summed E-state index contributed by atoms with van der Waals surface area (Å²) in [6, 6.07) is 4.19. The van der Waals surface area contributed by atoms with Gasteiger partial charge in [-0.15, -0.1) is 0 Å². The van der Waals surface area contributed by atoms with Gasteiger partial charge in [0.15, 0.2) is 6.61 Å². The zero-order valence-corrected chi connectivity index (χ0v) is 17.8. The normalized spacial score (nSPS) is 23.2.